The van der Waals surface area contributed by atoms with Gasteiger partial charge in [-0.2, -0.15) is 13.2 Å². The van der Waals surface area contributed by atoms with Crippen molar-refractivity contribution in [2.45, 2.75) is 39.1 Å². The molecule has 250 valence electrons. The fraction of sp³-hybridized carbons (Fsp3) is 0.286. The van der Waals surface area contributed by atoms with Gasteiger partial charge in [0.2, 0.25) is 5.88 Å². The zero-order chi connectivity index (χ0) is 34.4. The number of hydrogen-bond acceptors (Lipinski definition) is 6. The van der Waals surface area contributed by atoms with Crippen molar-refractivity contribution in [3.05, 3.63) is 111 Å². The van der Waals surface area contributed by atoms with Crippen LogP contribution in [0.4, 0.5) is 22.0 Å². The Balaban J connectivity index is 1.28. The van der Waals surface area contributed by atoms with E-state index >= 15 is 8.78 Å². The summed E-state index contributed by atoms with van der Waals surface area (Å²) in [4.78, 5) is 21.4. The van der Waals surface area contributed by atoms with Gasteiger partial charge < -0.3 is 18.8 Å². The number of ether oxygens (including phenoxy) is 3. The summed E-state index contributed by atoms with van der Waals surface area (Å²) in [7, 11) is 1.30. The number of esters is 1. The number of fused-ring (bicyclic) bond motifs is 1. The standard InChI is InChI=1S/C35H29BrF5N3O4/c1-34(2)18-47-17-30(34)44-29-12-19(33(45)46-3)8-10-28(29)42-31(44)13-21-11-26(38)23(15-25(21)37)27-5-4-6-32(43-27)48-16-20-7-9-22(14-24(20)36)35(39,40)41/h4-12,14-15,30H,13,16-18H2,1-3H3/t30-/m1/s1. The molecule has 3 heterocycles. The molecule has 0 saturated carbocycles. The molecule has 48 heavy (non-hydrogen) atoms. The Morgan fingerprint density at radius 1 is 1.02 bits per heavy atom. The fourth-order valence-corrected chi connectivity index (χ4v) is 6.26. The summed E-state index contributed by atoms with van der Waals surface area (Å²) in [5.41, 5.74) is 0.976. The highest BCUT2D eigenvalue weighted by Gasteiger charge is 2.39. The molecular formula is C35H29BrF5N3O4. The van der Waals surface area contributed by atoms with Crippen molar-refractivity contribution in [2.24, 2.45) is 5.41 Å². The van der Waals surface area contributed by atoms with Gasteiger partial charge in [-0.15, -0.1) is 0 Å². The van der Waals surface area contributed by atoms with Crippen LogP contribution in [0.15, 0.2) is 71.2 Å². The minimum absolute atomic E-state index is 0.0452. The van der Waals surface area contributed by atoms with E-state index in [1.807, 2.05) is 18.4 Å². The first kappa shape index (κ1) is 33.5. The number of imidazole rings is 1. The van der Waals surface area contributed by atoms with E-state index in [2.05, 4.69) is 20.9 Å². The van der Waals surface area contributed by atoms with Crippen LogP contribution < -0.4 is 4.74 Å². The summed E-state index contributed by atoms with van der Waals surface area (Å²) in [5, 5.41) is 0. The van der Waals surface area contributed by atoms with E-state index < -0.39 is 29.3 Å². The van der Waals surface area contributed by atoms with E-state index in [0.717, 1.165) is 24.3 Å². The molecule has 13 heteroatoms. The number of hydrogen-bond donors (Lipinski definition) is 0. The quantitative estimate of drug-likeness (QED) is 0.118. The first-order valence-electron chi connectivity index (χ1n) is 14.9. The van der Waals surface area contributed by atoms with E-state index in [1.54, 1.807) is 24.3 Å². The molecule has 0 spiro atoms. The van der Waals surface area contributed by atoms with Crippen molar-refractivity contribution in [1.29, 1.82) is 0 Å². The Kier molecular flexibility index (Phi) is 9.03. The third kappa shape index (κ3) is 6.66. The van der Waals surface area contributed by atoms with Gasteiger partial charge in [0.25, 0.3) is 0 Å². The maximum absolute atomic E-state index is 15.7. The van der Waals surface area contributed by atoms with E-state index in [-0.39, 0.29) is 51.7 Å². The van der Waals surface area contributed by atoms with Gasteiger partial charge >= 0.3 is 12.1 Å². The Labute approximate surface area is 280 Å². The zero-order valence-electron chi connectivity index (χ0n) is 26.0. The number of carbonyl (C=O) groups excluding carboxylic acids is 1. The van der Waals surface area contributed by atoms with Crippen LogP contribution >= 0.6 is 15.9 Å². The Hall–Kier alpha value is -4.36. The highest BCUT2D eigenvalue weighted by atomic mass is 79.9. The summed E-state index contributed by atoms with van der Waals surface area (Å²) in [6, 6.07) is 14.7. The van der Waals surface area contributed by atoms with E-state index in [1.165, 1.54) is 25.3 Å². The van der Waals surface area contributed by atoms with Crippen molar-refractivity contribution in [1.82, 2.24) is 14.5 Å². The molecule has 1 aliphatic heterocycles. The van der Waals surface area contributed by atoms with E-state index in [4.69, 9.17) is 19.2 Å². The normalized spacial score (nSPS) is 16.0. The lowest BCUT2D eigenvalue weighted by molar-refractivity contribution is -0.137. The highest BCUT2D eigenvalue weighted by Crippen LogP contribution is 2.41. The fourth-order valence-electron chi connectivity index (χ4n) is 5.77. The first-order valence-corrected chi connectivity index (χ1v) is 15.6. The van der Waals surface area contributed by atoms with Crippen LogP contribution in [0.25, 0.3) is 22.3 Å². The van der Waals surface area contributed by atoms with Crippen LogP contribution in [0, 0.1) is 17.0 Å². The van der Waals surface area contributed by atoms with Gasteiger partial charge in [0.15, 0.2) is 0 Å². The molecular weight excluding hydrogens is 701 g/mol. The predicted molar refractivity (Wildman–Crippen MR) is 171 cm³/mol. The molecule has 6 rings (SSSR count). The molecule has 1 atom stereocenters. The second-order valence-electron chi connectivity index (χ2n) is 12.2. The molecule has 7 nitrogen and oxygen atoms in total. The molecule has 3 aromatic carbocycles. The Morgan fingerprint density at radius 3 is 2.50 bits per heavy atom. The number of halogens is 6. The SMILES string of the molecule is COC(=O)c1ccc2nc(Cc3cc(F)c(-c4cccc(OCc5ccc(C(F)(F)F)cc5Br)n4)cc3F)n([C@@H]3COCC3(C)C)c2c1. The van der Waals surface area contributed by atoms with Crippen molar-refractivity contribution >= 4 is 32.9 Å². The third-order valence-electron chi connectivity index (χ3n) is 8.39. The van der Waals surface area contributed by atoms with Crippen molar-refractivity contribution in [2.75, 3.05) is 20.3 Å². The summed E-state index contributed by atoms with van der Waals surface area (Å²) in [6.45, 7) is 4.85. The minimum Gasteiger partial charge on any atom is -0.473 e. The van der Waals surface area contributed by atoms with Gasteiger partial charge in [-0.1, -0.05) is 41.9 Å². The van der Waals surface area contributed by atoms with Crippen LogP contribution in [-0.4, -0.2) is 40.8 Å². The van der Waals surface area contributed by atoms with Gasteiger partial charge in [-0.05, 0) is 54.1 Å². The van der Waals surface area contributed by atoms with Crippen LogP contribution in [0.3, 0.4) is 0 Å². The minimum atomic E-state index is -4.49. The smallest absolute Gasteiger partial charge is 0.416 e. The zero-order valence-corrected chi connectivity index (χ0v) is 27.6. The van der Waals surface area contributed by atoms with Crippen LogP contribution in [0.1, 0.15) is 52.8 Å². The van der Waals surface area contributed by atoms with Crippen molar-refractivity contribution < 1.29 is 41.0 Å². The molecule has 0 aliphatic carbocycles. The second-order valence-corrected chi connectivity index (χ2v) is 13.0. The number of carbonyl (C=O) groups is 1. The number of pyridine rings is 1. The molecule has 0 N–H and O–H groups in total. The number of alkyl halides is 3. The number of aromatic nitrogens is 3. The van der Waals surface area contributed by atoms with E-state index in [9.17, 15) is 18.0 Å². The average Bonchev–Trinajstić information content (AvgIpc) is 3.58. The molecule has 0 unspecified atom stereocenters. The van der Waals surface area contributed by atoms with Crippen molar-refractivity contribution in [3.8, 4) is 17.1 Å². The largest absolute Gasteiger partial charge is 0.473 e. The summed E-state index contributed by atoms with van der Waals surface area (Å²) < 4.78 is 88.9. The van der Waals surface area contributed by atoms with E-state index in [0.29, 0.717) is 41.2 Å². The molecule has 2 aromatic heterocycles. The van der Waals surface area contributed by atoms with Gasteiger partial charge in [0, 0.05) is 33.5 Å². The van der Waals surface area contributed by atoms with Crippen molar-refractivity contribution in [3.63, 3.8) is 0 Å². The maximum Gasteiger partial charge on any atom is 0.416 e. The lowest BCUT2D eigenvalue weighted by Gasteiger charge is -2.28. The van der Waals surface area contributed by atoms with Crippen LogP contribution in [0.5, 0.6) is 5.88 Å². The molecule has 0 radical (unpaired) electrons. The Morgan fingerprint density at radius 2 is 1.81 bits per heavy atom. The topological polar surface area (TPSA) is 75.5 Å². The molecule has 0 bridgehead atoms. The summed E-state index contributed by atoms with van der Waals surface area (Å²) >= 11 is 3.14. The Bertz CT molecular complexity index is 2030. The lowest BCUT2D eigenvalue weighted by Crippen LogP contribution is -2.27. The molecule has 5 aromatic rings. The maximum atomic E-state index is 15.7. The number of nitrogens with zero attached hydrogens (tertiary/aromatic N) is 3. The number of benzene rings is 3. The second kappa shape index (κ2) is 12.9. The number of methoxy groups -OCH3 is 1. The third-order valence-corrected chi connectivity index (χ3v) is 9.13. The van der Waals surface area contributed by atoms with Gasteiger partial charge in [-0.25, -0.2) is 23.5 Å². The van der Waals surface area contributed by atoms with Gasteiger partial charge in [-0.3, -0.25) is 0 Å². The van der Waals surface area contributed by atoms with Crippen LogP contribution in [0.2, 0.25) is 0 Å². The molecule has 1 saturated heterocycles. The van der Waals surface area contributed by atoms with Gasteiger partial charge in [0.05, 0.1) is 54.2 Å². The average molecular weight is 731 g/mol. The monoisotopic (exact) mass is 729 g/mol. The molecule has 1 aliphatic rings. The highest BCUT2D eigenvalue weighted by molar-refractivity contribution is 9.10. The van der Waals surface area contributed by atoms with Crippen LogP contribution in [-0.2, 0) is 28.7 Å². The lowest BCUT2D eigenvalue weighted by atomic mass is 9.87. The summed E-state index contributed by atoms with van der Waals surface area (Å²) in [6.07, 6.45) is -4.53. The van der Waals surface area contributed by atoms with Gasteiger partial charge in [0.1, 0.15) is 24.1 Å². The summed E-state index contributed by atoms with van der Waals surface area (Å²) in [5.74, 6) is -1.35. The predicted octanol–water partition coefficient (Wildman–Crippen LogP) is 8.71. The first-order chi connectivity index (χ1) is 22.7. The molecule has 1 fully saturated rings. The number of rotatable bonds is 8. The molecule has 0 amide bonds.